The average Bonchev–Trinajstić information content (AvgIpc) is 3.03. The molecular formula is C37H42F6O2. The highest BCUT2D eigenvalue weighted by atomic mass is 19.3. The quantitative estimate of drug-likeness (QED) is 0.146. The molecule has 3 aromatic carbocycles. The summed E-state index contributed by atoms with van der Waals surface area (Å²) >= 11 is 0. The summed E-state index contributed by atoms with van der Waals surface area (Å²) in [5, 5.41) is 0. The first-order valence-electron chi connectivity index (χ1n) is 16.3. The maximum Gasteiger partial charge on any atom is 0.400 e. The molecule has 2 aliphatic carbocycles. The second-order valence-corrected chi connectivity index (χ2v) is 12.8. The predicted octanol–water partition coefficient (Wildman–Crippen LogP) is 12.0. The minimum Gasteiger partial charge on any atom is -0.432 e. The predicted molar refractivity (Wildman–Crippen MR) is 164 cm³/mol. The molecule has 3 aromatic rings. The standard InChI is InChI=1S/C37H42F6O2/c1-2-3-4-5-24-6-8-25(9-7-24)26-10-12-27(13-11-26)29-16-20-32(33(38)22-29)28-14-17-30(18-15-28)37(42,43)45-31-19-21-35(34(39)23-31)44-36(40)41/h10-13,16,19-25,28,30,36H,2-9,14-15,17-18H2,1H3. The summed E-state index contributed by atoms with van der Waals surface area (Å²) in [5.74, 6) is -2.70. The van der Waals surface area contributed by atoms with Gasteiger partial charge >= 0.3 is 12.7 Å². The molecule has 5 rings (SSSR count). The van der Waals surface area contributed by atoms with Crippen molar-refractivity contribution in [3.63, 3.8) is 0 Å². The molecule has 0 atom stereocenters. The Balaban J connectivity index is 1.14. The van der Waals surface area contributed by atoms with Crippen molar-refractivity contribution in [3.05, 3.63) is 83.4 Å². The van der Waals surface area contributed by atoms with Crippen molar-refractivity contribution in [2.24, 2.45) is 11.8 Å². The van der Waals surface area contributed by atoms with Gasteiger partial charge in [0.25, 0.3) is 0 Å². The van der Waals surface area contributed by atoms with Crippen LogP contribution in [0.4, 0.5) is 26.3 Å². The van der Waals surface area contributed by atoms with Crippen LogP contribution >= 0.6 is 0 Å². The summed E-state index contributed by atoms with van der Waals surface area (Å²) in [6.07, 6.45) is 7.62. The van der Waals surface area contributed by atoms with Gasteiger partial charge < -0.3 is 9.47 Å². The number of unbranched alkanes of at least 4 members (excludes halogenated alkanes) is 2. The smallest absolute Gasteiger partial charge is 0.400 e. The molecule has 0 radical (unpaired) electrons. The van der Waals surface area contributed by atoms with Gasteiger partial charge in [0.15, 0.2) is 11.6 Å². The summed E-state index contributed by atoms with van der Waals surface area (Å²) in [6.45, 7) is -0.994. The molecule has 2 saturated carbocycles. The maximum atomic E-state index is 15.3. The van der Waals surface area contributed by atoms with Gasteiger partial charge in [-0.15, -0.1) is 0 Å². The minimum absolute atomic E-state index is 0.0933. The number of alkyl halides is 4. The van der Waals surface area contributed by atoms with Crippen molar-refractivity contribution in [2.45, 2.75) is 109 Å². The highest BCUT2D eigenvalue weighted by molar-refractivity contribution is 5.64. The van der Waals surface area contributed by atoms with Crippen LogP contribution < -0.4 is 9.47 Å². The van der Waals surface area contributed by atoms with E-state index in [1.807, 2.05) is 6.07 Å². The van der Waals surface area contributed by atoms with Gasteiger partial charge in [-0.25, -0.2) is 8.78 Å². The van der Waals surface area contributed by atoms with Crippen LogP contribution in [0.3, 0.4) is 0 Å². The molecule has 0 N–H and O–H groups in total. The normalized spacial score (nSPS) is 22.4. The fraction of sp³-hybridized carbons (Fsp3) is 0.514. The van der Waals surface area contributed by atoms with Crippen molar-refractivity contribution >= 4 is 0 Å². The number of benzene rings is 3. The Labute approximate surface area is 262 Å². The van der Waals surface area contributed by atoms with Gasteiger partial charge in [-0.2, -0.15) is 17.6 Å². The summed E-state index contributed by atoms with van der Waals surface area (Å²) < 4.78 is 92.7. The zero-order valence-electron chi connectivity index (χ0n) is 25.7. The molecular weight excluding hydrogens is 590 g/mol. The molecule has 0 amide bonds. The monoisotopic (exact) mass is 632 g/mol. The fourth-order valence-electron chi connectivity index (χ4n) is 7.17. The molecule has 0 unspecified atom stereocenters. The van der Waals surface area contributed by atoms with E-state index in [9.17, 15) is 22.0 Å². The van der Waals surface area contributed by atoms with E-state index < -0.39 is 36.0 Å². The molecule has 0 aliphatic heterocycles. The molecule has 0 aromatic heterocycles. The molecule has 0 spiro atoms. The Kier molecular flexibility index (Phi) is 11.0. The third-order valence-electron chi connectivity index (χ3n) is 9.79. The van der Waals surface area contributed by atoms with Crippen LogP contribution in [-0.2, 0) is 0 Å². The second kappa shape index (κ2) is 15.0. The van der Waals surface area contributed by atoms with E-state index in [0.29, 0.717) is 30.4 Å². The lowest BCUT2D eigenvalue weighted by Crippen LogP contribution is -2.37. The third-order valence-corrected chi connectivity index (χ3v) is 9.79. The van der Waals surface area contributed by atoms with Gasteiger partial charge in [-0.3, -0.25) is 0 Å². The van der Waals surface area contributed by atoms with Crippen LogP contribution in [0.25, 0.3) is 11.1 Å². The minimum atomic E-state index is -3.61. The second-order valence-electron chi connectivity index (χ2n) is 12.8. The first-order valence-corrected chi connectivity index (χ1v) is 16.3. The van der Waals surface area contributed by atoms with Crippen LogP contribution in [0.15, 0.2) is 60.7 Å². The molecule has 2 fully saturated rings. The SMILES string of the molecule is CCCCCC1CCC(c2ccc(-c3ccc(C4CCC(C(F)(F)Oc5ccc(OC(F)F)c(F)c5)CC4)c(F)c3)cc2)CC1. The van der Waals surface area contributed by atoms with Crippen LogP contribution in [-0.4, -0.2) is 12.7 Å². The lowest BCUT2D eigenvalue weighted by atomic mass is 9.77. The number of rotatable bonds is 12. The van der Waals surface area contributed by atoms with Gasteiger partial charge in [-0.05, 0) is 110 Å². The Morgan fingerprint density at radius 2 is 1.40 bits per heavy atom. The van der Waals surface area contributed by atoms with Gasteiger partial charge in [0, 0.05) is 6.07 Å². The van der Waals surface area contributed by atoms with Crippen molar-refractivity contribution < 1.29 is 35.8 Å². The Hall–Kier alpha value is -3.16. The Bertz CT molecular complexity index is 1380. The van der Waals surface area contributed by atoms with E-state index in [-0.39, 0.29) is 24.6 Å². The van der Waals surface area contributed by atoms with Gasteiger partial charge in [-0.1, -0.05) is 69.0 Å². The Morgan fingerprint density at radius 1 is 0.733 bits per heavy atom. The largest absolute Gasteiger partial charge is 0.432 e. The average molecular weight is 633 g/mol. The number of hydrogen-bond acceptors (Lipinski definition) is 2. The molecule has 244 valence electrons. The molecule has 0 bridgehead atoms. The molecule has 0 heterocycles. The highest BCUT2D eigenvalue weighted by Gasteiger charge is 2.44. The van der Waals surface area contributed by atoms with E-state index in [2.05, 4.69) is 35.9 Å². The molecule has 2 aliphatic rings. The maximum absolute atomic E-state index is 15.3. The highest BCUT2D eigenvalue weighted by Crippen LogP contribution is 2.44. The fourth-order valence-corrected chi connectivity index (χ4v) is 7.17. The van der Waals surface area contributed by atoms with Crippen molar-refractivity contribution in [1.29, 1.82) is 0 Å². The summed E-state index contributed by atoms with van der Waals surface area (Å²) in [7, 11) is 0. The summed E-state index contributed by atoms with van der Waals surface area (Å²) in [6, 6.07) is 16.1. The zero-order valence-corrected chi connectivity index (χ0v) is 25.7. The van der Waals surface area contributed by atoms with Gasteiger partial charge in [0.05, 0.1) is 5.92 Å². The van der Waals surface area contributed by atoms with Crippen LogP contribution in [0, 0.1) is 23.5 Å². The van der Waals surface area contributed by atoms with E-state index in [1.165, 1.54) is 63.0 Å². The van der Waals surface area contributed by atoms with E-state index in [0.717, 1.165) is 29.2 Å². The molecule has 0 saturated heterocycles. The van der Waals surface area contributed by atoms with Crippen molar-refractivity contribution in [3.8, 4) is 22.6 Å². The topological polar surface area (TPSA) is 18.5 Å². The van der Waals surface area contributed by atoms with Crippen molar-refractivity contribution in [2.75, 3.05) is 0 Å². The van der Waals surface area contributed by atoms with E-state index in [4.69, 9.17) is 4.74 Å². The van der Waals surface area contributed by atoms with E-state index in [1.54, 1.807) is 6.07 Å². The van der Waals surface area contributed by atoms with Crippen LogP contribution in [0.1, 0.15) is 107 Å². The number of hydrogen-bond donors (Lipinski definition) is 0. The summed E-state index contributed by atoms with van der Waals surface area (Å²) in [5.41, 5.74) is 3.60. The number of ether oxygens (including phenoxy) is 2. The lowest BCUT2D eigenvalue weighted by Gasteiger charge is -2.33. The van der Waals surface area contributed by atoms with Crippen LogP contribution in [0.5, 0.6) is 11.5 Å². The zero-order chi connectivity index (χ0) is 32.0. The van der Waals surface area contributed by atoms with E-state index >= 15 is 4.39 Å². The molecule has 2 nitrogen and oxygen atoms in total. The van der Waals surface area contributed by atoms with Crippen molar-refractivity contribution in [1.82, 2.24) is 0 Å². The third kappa shape index (κ3) is 8.56. The lowest BCUT2D eigenvalue weighted by molar-refractivity contribution is -0.222. The van der Waals surface area contributed by atoms with Gasteiger partial charge in [0.2, 0.25) is 0 Å². The van der Waals surface area contributed by atoms with Crippen LogP contribution in [0.2, 0.25) is 0 Å². The molecule has 45 heavy (non-hydrogen) atoms. The first-order chi connectivity index (χ1) is 21.6. The Morgan fingerprint density at radius 3 is 2.02 bits per heavy atom. The van der Waals surface area contributed by atoms with Gasteiger partial charge in [0.1, 0.15) is 11.6 Å². The number of halogens is 6. The first kappa shape index (κ1) is 33.2. The summed E-state index contributed by atoms with van der Waals surface area (Å²) in [4.78, 5) is 0. The molecule has 8 heteroatoms.